The van der Waals surface area contributed by atoms with E-state index in [1.807, 2.05) is 4.90 Å². The van der Waals surface area contributed by atoms with Gasteiger partial charge in [0.15, 0.2) is 6.73 Å². The van der Waals surface area contributed by atoms with Crippen molar-refractivity contribution in [1.29, 1.82) is 0 Å². The van der Waals surface area contributed by atoms with E-state index >= 15 is 0 Å². The molecule has 2 aromatic carbocycles. The van der Waals surface area contributed by atoms with Crippen LogP contribution in [0.25, 0.3) is 0 Å². The molecule has 29 heavy (non-hydrogen) atoms. The summed E-state index contributed by atoms with van der Waals surface area (Å²) in [5.74, 6) is -1.92. The molecule has 2 heterocycles. The number of anilines is 1. The zero-order chi connectivity index (χ0) is 20.5. The average Bonchev–Trinajstić information content (AvgIpc) is 3.34. The standard InChI is InChI=1S/C20H17N3O6/c24-18-14-5-1-2-6-15(14)19(25)22(18)12-29-20(26)16-11-13(23(27)28)7-8-17(16)21-9-3-4-10-21/h1-2,5-8,11H,3-4,9-10,12H2. The van der Waals surface area contributed by atoms with Crippen LogP contribution in [-0.2, 0) is 4.74 Å². The highest BCUT2D eigenvalue weighted by Crippen LogP contribution is 2.29. The number of carbonyl (C=O) groups excluding carboxylic acids is 3. The molecule has 4 rings (SSSR count). The van der Waals surface area contributed by atoms with Gasteiger partial charge in [-0.25, -0.2) is 9.69 Å². The van der Waals surface area contributed by atoms with Crippen LogP contribution in [0.3, 0.4) is 0 Å². The lowest BCUT2D eigenvalue weighted by Gasteiger charge is -2.21. The Labute approximate surface area is 165 Å². The SMILES string of the molecule is O=C(OCN1C(=O)c2ccccc2C1=O)c1cc([N+](=O)[O-])ccc1N1CCCC1. The molecule has 0 radical (unpaired) electrons. The topological polar surface area (TPSA) is 110 Å². The van der Waals surface area contributed by atoms with Crippen molar-refractivity contribution in [2.75, 3.05) is 24.7 Å². The summed E-state index contributed by atoms with van der Waals surface area (Å²) in [7, 11) is 0. The van der Waals surface area contributed by atoms with Crippen LogP contribution in [0.5, 0.6) is 0 Å². The number of nitro benzene ring substituents is 1. The molecule has 148 valence electrons. The summed E-state index contributed by atoms with van der Waals surface area (Å²) in [6.45, 7) is 0.903. The van der Waals surface area contributed by atoms with Crippen LogP contribution < -0.4 is 4.90 Å². The van der Waals surface area contributed by atoms with Crippen LogP contribution in [0.2, 0.25) is 0 Å². The van der Waals surface area contributed by atoms with Gasteiger partial charge in [-0.15, -0.1) is 0 Å². The Hall–Kier alpha value is -3.75. The van der Waals surface area contributed by atoms with Crippen molar-refractivity contribution in [3.8, 4) is 0 Å². The van der Waals surface area contributed by atoms with E-state index in [-0.39, 0.29) is 22.4 Å². The smallest absolute Gasteiger partial charge is 0.342 e. The molecule has 1 fully saturated rings. The number of imide groups is 1. The molecule has 0 aromatic heterocycles. The van der Waals surface area contributed by atoms with Crippen molar-refractivity contribution in [2.45, 2.75) is 12.8 Å². The molecule has 0 aliphatic carbocycles. The maximum Gasteiger partial charge on any atom is 0.342 e. The number of fused-ring (bicyclic) bond motifs is 1. The number of nitrogens with zero attached hydrogens (tertiary/aromatic N) is 3. The van der Waals surface area contributed by atoms with Gasteiger partial charge < -0.3 is 9.64 Å². The van der Waals surface area contributed by atoms with Gasteiger partial charge in [0.2, 0.25) is 0 Å². The summed E-state index contributed by atoms with van der Waals surface area (Å²) >= 11 is 0. The monoisotopic (exact) mass is 395 g/mol. The molecular formula is C20H17N3O6. The van der Waals surface area contributed by atoms with Crippen molar-refractivity contribution in [3.63, 3.8) is 0 Å². The summed E-state index contributed by atoms with van der Waals surface area (Å²) in [4.78, 5) is 50.8. The second-order valence-electron chi connectivity index (χ2n) is 6.80. The van der Waals surface area contributed by atoms with Crippen molar-refractivity contribution in [3.05, 3.63) is 69.3 Å². The minimum atomic E-state index is -0.827. The molecule has 2 aromatic rings. The van der Waals surface area contributed by atoms with Crippen LogP contribution in [0.4, 0.5) is 11.4 Å². The third-order valence-electron chi connectivity index (χ3n) is 5.06. The first-order chi connectivity index (χ1) is 14.0. The summed E-state index contributed by atoms with van der Waals surface area (Å²) in [5.41, 5.74) is 0.849. The third kappa shape index (κ3) is 3.31. The van der Waals surface area contributed by atoms with Gasteiger partial charge in [-0.2, -0.15) is 0 Å². The number of hydrogen-bond acceptors (Lipinski definition) is 7. The number of ether oxygens (including phenoxy) is 1. The quantitative estimate of drug-likeness (QED) is 0.331. The normalized spacial score (nSPS) is 15.6. The molecule has 2 aliphatic rings. The van der Waals surface area contributed by atoms with Crippen LogP contribution >= 0.6 is 0 Å². The Morgan fingerprint density at radius 3 is 2.24 bits per heavy atom. The van der Waals surface area contributed by atoms with E-state index in [1.54, 1.807) is 12.1 Å². The molecule has 0 spiro atoms. The second-order valence-corrected chi connectivity index (χ2v) is 6.80. The molecule has 0 bridgehead atoms. The Morgan fingerprint density at radius 1 is 1.03 bits per heavy atom. The number of benzene rings is 2. The first kappa shape index (κ1) is 18.6. The molecule has 0 N–H and O–H groups in total. The van der Waals surface area contributed by atoms with Crippen molar-refractivity contribution in [2.24, 2.45) is 0 Å². The van der Waals surface area contributed by atoms with Crippen molar-refractivity contribution in [1.82, 2.24) is 4.90 Å². The predicted molar refractivity (Wildman–Crippen MR) is 102 cm³/mol. The largest absolute Gasteiger partial charge is 0.440 e. The number of rotatable bonds is 5. The molecule has 0 saturated carbocycles. The van der Waals surface area contributed by atoms with Gasteiger partial charge in [-0.3, -0.25) is 19.7 Å². The molecule has 9 nitrogen and oxygen atoms in total. The molecule has 0 unspecified atom stereocenters. The zero-order valence-corrected chi connectivity index (χ0v) is 15.4. The Bertz CT molecular complexity index is 994. The van der Waals surface area contributed by atoms with E-state index in [4.69, 9.17) is 4.74 Å². The van der Waals surface area contributed by atoms with Crippen LogP contribution in [0.15, 0.2) is 42.5 Å². The first-order valence-electron chi connectivity index (χ1n) is 9.13. The number of carbonyl (C=O) groups is 3. The molecule has 0 atom stereocenters. The summed E-state index contributed by atoms with van der Waals surface area (Å²) in [6.07, 6.45) is 1.92. The predicted octanol–water partition coefficient (Wildman–Crippen LogP) is 2.61. The molecule has 2 amide bonds. The summed E-state index contributed by atoms with van der Waals surface area (Å²) < 4.78 is 5.22. The third-order valence-corrected chi connectivity index (χ3v) is 5.06. The van der Waals surface area contributed by atoms with E-state index in [2.05, 4.69) is 0 Å². The van der Waals surface area contributed by atoms with E-state index < -0.39 is 29.4 Å². The number of amides is 2. The summed E-state index contributed by atoms with van der Waals surface area (Å²) in [5, 5.41) is 11.1. The highest BCUT2D eigenvalue weighted by Gasteiger charge is 2.36. The fourth-order valence-corrected chi connectivity index (χ4v) is 3.59. The number of hydrogen-bond donors (Lipinski definition) is 0. The number of non-ortho nitro benzene ring substituents is 1. The zero-order valence-electron chi connectivity index (χ0n) is 15.4. The summed E-state index contributed by atoms with van der Waals surface area (Å²) in [6, 6.07) is 10.4. The van der Waals surface area contributed by atoms with Gasteiger partial charge in [0.05, 0.1) is 27.3 Å². The van der Waals surface area contributed by atoms with E-state index in [1.165, 1.54) is 30.3 Å². The van der Waals surface area contributed by atoms with Gasteiger partial charge >= 0.3 is 5.97 Å². The van der Waals surface area contributed by atoms with Crippen LogP contribution in [0.1, 0.15) is 43.9 Å². The Morgan fingerprint density at radius 2 is 1.66 bits per heavy atom. The molecule has 2 aliphatic heterocycles. The van der Waals surface area contributed by atoms with Crippen LogP contribution in [-0.4, -0.2) is 47.4 Å². The Kier molecular flexibility index (Phi) is 4.71. The lowest BCUT2D eigenvalue weighted by molar-refractivity contribution is -0.384. The average molecular weight is 395 g/mol. The molecular weight excluding hydrogens is 378 g/mol. The number of nitro groups is 1. The van der Waals surface area contributed by atoms with Gasteiger partial charge in [-0.05, 0) is 31.0 Å². The highest BCUT2D eigenvalue weighted by molar-refractivity contribution is 6.21. The van der Waals surface area contributed by atoms with Gasteiger partial charge in [0.1, 0.15) is 0 Å². The van der Waals surface area contributed by atoms with Crippen LogP contribution in [0, 0.1) is 10.1 Å². The van der Waals surface area contributed by atoms with Crippen molar-refractivity contribution >= 4 is 29.2 Å². The Balaban J connectivity index is 1.55. The second kappa shape index (κ2) is 7.34. The van der Waals surface area contributed by atoms with Gasteiger partial charge in [0, 0.05) is 25.2 Å². The fourth-order valence-electron chi connectivity index (χ4n) is 3.59. The highest BCUT2D eigenvalue weighted by atomic mass is 16.6. The van der Waals surface area contributed by atoms with Crippen molar-refractivity contribution < 1.29 is 24.0 Å². The first-order valence-corrected chi connectivity index (χ1v) is 9.13. The number of esters is 1. The lowest BCUT2D eigenvalue weighted by atomic mass is 10.1. The lowest BCUT2D eigenvalue weighted by Crippen LogP contribution is -2.33. The maximum atomic E-state index is 12.7. The van der Waals surface area contributed by atoms with Gasteiger partial charge in [0.25, 0.3) is 17.5 Å². The minimum absolute atomic E-state index is 0.0395. The molecule has 9 heteroatoms. The fraction of sp³-hybridized carbons (Fsp3) is 0.250. The van der Waals surface area contributed by atoms with E-state index in [9.17, 15) is 24.5 Å². The van der Waals surface area contributed by atoms with E-state index in [0.29, 0.717) is 5.69 Å². The molecule has 1 saturated heterocycles. The minimum Gasteiger partial charge on any atom is -0.440 e. The maximum absolute atomic E-state index is 12.7. The van der Waals surface area contributed by atoms with Gasteiger partial charge in [-0.1, -0.05) is 12.1 Å². The van der Waals surface area contributed by atoms with E-state index in [0.717, 1.165) is 30.8 Å².